The predicted octanol–water partition coefficient (Wildman–Crippen LogP) is 4.30. The Hall–Kier alpha value is -1.84. The molecule has 1 saturated carbocycles. The highest BCUT2D eigenvalue weighted by molar-refractivity contribution is 5.43. The van der Waals surface area contributed by atoms with E-state index in [2.05, 4.69) is 29.6 Å². The molecule has 1 aliphatic rings. The molecule has 3 heteroatoms. The van der Waals surface area contributed by atoms with Crippen LogP contribution in [0.1, 0.15) is 31.2 Å². The van der Waals surface area contributed by atoms with E-state index in [-0.39, 0.29) is 5.54 Å². The first kappa shape index (κ1) is 15.1. The summed E-state index contributed by atoms with van der Waals surface area (Å²) in [6.45, 7) is 1.36. The number of nitrogens with one attached hydrogen (secondary N) is 1. The van der Waals surface area contributed by atoms with Crippen molar-refractivity contribution in [3.05, 3.63) is 66.2 Å². The fraction of sp³-hybridized carbons (Fsp3) is 0.368. The Bertz CT molecular complexity index is 565. The molecule has 0 atom stereocenters. The van der Waals surface area contributed by atoms with Crippen LogP contribution in [-0.4, -0.2) is 22.4 Å². The average Bonchev–Trinajstić information content (AvgIpc) is 3.05. The minimum absolute atomic E-state index is 0.161. The van der Waals surface area contributed by atoms with Gasteiger partial charge >= 0.3 is 0 Å². The fourth-order valence-electron chi connectivity index (χ4n) is 3.31. The summed E-state index contributed by atoms with van der Waals surface area (Å²) in [5.41, 5.74) is 2.10. The van der Waals surface area contributed by atoms with Crippen LogP contribution in [0.15, 0.2) is 60.7 Å². The van der Waals surface area contributed by atoms with E-state index in [1.807, 2.05) is 36.4 Å². The van der Waals surface area contributed by atoms with Gasteiger partial charge in [0, 0.05) is 18.8 Å². The highest BCUT2D eigenvalue weighted by Crippen LogP contribution is 2.35. The van der Waals surface area contributed by atoms with Gasteiger partial charge in [-0.15, -0.1) is 0 Å². The van der Waals surface area contributed by atoms with E-state index >= 15 is 0 Å². The third kappa shape index (κ3) is 3.49. The lowest BCUT2D eigenvalue weighted by atomic mass is 9.96. The molecule has 0 unspecified atom stereocenters. The second-order valence-electron chi connectivity index (χ2n) is 6.19. The van der Waals surface area contributed by atoms with Gasteiger partial charge in [-0.1, -0.05) is 61.4 Å². The van der Waals surface area contributed by atoms with Crippen LogP contribution in [0.3, 0.4) is 0 Å². The van der Waals surface area contributed by atoms with E-state index in [1.54, 1.807) is 5.06 Å². The molecule has 2 aromatic rings. The molecule has 3 nitrogen and oxygen atoms in total. The van der Waals surface area contributed by atoms with E-state index in [9.17, 15) is 5.21 Å². The molecule has 0 saturated heterocycles. The first-order chi connectivity index (χ1) is 10.8. The second-order valence-corrected chi connectivity index (χ2v) is 6.19. The Morgan fingerprint density at radius 2 is 1.50 bits per heavy atom. The van der Waals surface area contributed by atoms with Crippen LogP contribution >= 0.6 is 0 Å². The standard InChI is InChI=1S/C19H24N2O/c22-21(15-17-9-3-1-4-10-17)19(13-7-8-14-19)16-20-18-11-5-2-6-12-18/h1-6,9-12,20,22H,7-8,13-16H2. The van der Waals surface area contributed by atoms with Crippen molar-refractivity contribution in [2.75, 3.05) is 11.9 Å². The molecule has 0 aliphatic heterocycles. The summed E-state index contributed by atoms with van der Waals surface area (Å²) in [7, 11) is 0. The van der Waals surface area contributed by atoms with Crippen LogP contribution in [0.2, 0.25) is 0 Å². The summed E-state index contributed by atoms with van der Waals surface area (Å²) in [5.74, 6) is 0. The highest BCUT2D eigenvalue weighted by atomic mass is 16.5. The van der Waals surface area contributed by atoms with Crippen molar-refractivity contribution in [2.45, 2.75) is 37.8 Å². The number of para-hydroxylation sites is 1. The van der Waals surface area contributed by atoms with E-state index < -0.39 is 0 Å². The Kier molecular flexibility index (Phi) is 4.76. The number of benzene rings is 2. The lowest BCUT2D eigenvalue weighted by molar-refractivity contribution is -0.175. The summed E-state index contributed by atoms with van der Waals surface area (Å²) >= 11 is 0. The van der Waals surface area contributed by atoms with E-state index in [1.165, 1.54) is 12.8 Å². The van der Waals surface area contributed by atoms with Crippen LogP contribution in [0.5, 0.6) is 0 Å². The third-order valence-corrected chi connectivity index (χ3v) is 4.65. The van der Waals surface area contributed by atoms with Crippen molar-refractivity contribution < 1.29 is 5.21 Å². The zero-order valence-corrected chi connectivity index (χ0v) is 12.9. The SMILES string of the molecule is ON(Cc1ccccc1)C1(CNc2ccccc2)CCCC1. The average molecular weight is 296 g/mol. The van der Waals surface area contributed by atoms with Gasteiger partial charge < -0.3 is 10.5 Å². The van der Waals surface area contributed by atoms with E-state index in [0.29, 0.717) is 6.54 Å². The largest absolute Gasteiger partial charge is 0.383 e. The second kappa shape index (κ2) is 6.95. The number of rotatable bonds is 6. The lowest BCUT2D eigenvalue weighted by Crippen LogP contribution is -2.49. The number of anilines is 1. The van der Waals surface area contributed by atoms with Gasteiger partial charge in [0.2, 0.25) is 0 Å². The van der Waals surface area contributed by atoms with E-state index in [0.717, 1.165) is 30.6 Å². The number of hydroxylamine groups is 2. The lowest BCUT2D eigenvalue weighted by Gasteiger charge is -2.37. The monoisotopic (exact) mass is 296 g/mol. The highest BCUT2D eigenvalue weighted by Gasteiger charge is 2.39. The first-order valence-corrected chi connectivity index (χ1v) is 8.08. The van der Waals surface area contributed by atoms with Crippen molar-refractivity contribution in [2.24, 2.45) is 0 Å². The molecule has 1 fully saturated rings. The molecule has 0 radical (unpaired) electrons. The Morgan fingerprint density at radius 1 is 0.909 bits per heavy atom. The van der Waals surface area contributed by atoms with Gasteiger partial charge in [-0.2, -0.15) is 5.06 Å². The van der Waals surface area contributed by atoms with Crippen LogP contribution in [-0.2, 0) is 6.54 Å². The van der Waals surface area contributed by atoms with Crippen molar-refractivity contribution in [3.8, 4) is 0 Å². The van der Waals surface area contributed by atoms with Gasteiger partial charge in [0.15, 0.2) is 0 Å². The molecule has 1 aliphatic carbocycles. The molecule has 0 amide bonds. The van der Waals surface area contributed by atoms with Gasteiger partial charge in [0.05, 0.1) is 5.54 Å². The molecular formula is C19H24N2O. The molecule has 0 spiro atoms. The maximum atomic E-state index is 10.7. The topological polar surface area (TPSA) is 35.5 Å². The van der Waals surface area contributed by atoms with Crippen molar-refractivity contribution in [1.82, 2.24) is 5.06 Å². The summed E-state index contributed by atoms with van der Waals surface area (Å²) in [5, 5.41) is 15.8. The number of hydrogen-bond acceptors (Lipinski definition) is 3. The van der Waals surface area contributed by atoms with E-state index in [4.69, 9.17) is 0 Å². The Labute approximate surface area is 132 Å². The van der Waals surface area contributed by atoms with Gasteiger partial charge in [-0.3, -0.25) is 0 Å². The van der Waals surface area contributed by atoms with Crippen LogP contribution < -0.4 is 5.32 Å². The molecule has 3 rings (SSSR count). The van der Waals surface area contributed by atoms with Crippen molar-refractivity contribution in [1.29, 1.82) is 0 Å². The molecule has 2 N–H and O–H groups in total. The van der Waals surface area contributed by atoms with Crippen LogP contribution in [0.25, 0.3) is 0 Å². The normalized spacial score (nSPS) is 16.8. The maximum Gasteiger partial charge on any atom is 0.0636 e. The molecule has 2 aromatic carbocycles. The first-order valence-electron chi connectivity index (χ1n) is 8.08. The number of hydrogen-bond donors (Lipinski definition) is 2. The molecule has 0 aromatic heterocycles. The predicted molar refractivity (Wildman–Crippen MR) is 89.9 cm³/mol. The molecular weight excluding hydrogens is 272 g/mol. The summed E-state index contributed by atoms with van der Waals surface area (Å²) < 4.78 is 0. The maximum absolute atomic E-state index is 10.7. The third-order valence-electron chi connectivity index (χ3n) is 4.65. The molecule has 0 heterocycles. The smallest absolute Gasteiger partial charge is 0.0636 e. The summed E-state index contributed by atoms with van der Waals surface area (Å²) in [4.78, 5) is 0. The molecule has 0 bridgehead atoms. The zero-order valence-electron chi connectivity index (χ0n) is 12.9. The van der Waals surface area contributed by atoms with Gasteiger partial charge in [0.1, 0.15) is 0 Å². The quantitative estimate of drug-likeness (QED) is 0.780. The Morgan fingerprint density at radius 3 is 2.14 bits per heavy atom. The number of nitrogens with zero attached hydrogens (tertiary/aromatic N) is 1. The zero-order chi connectivity index (χ0) is 15.3. The van der Waals surface area contributed by atoms with Gasteiger partial charge in [0.25, 0.3) is 0 Å². The minimum atomic E-state index is -0.161. The van der Waals surface area contributed by atoms with Gasteiger partial charge in [-0.25, -0.2) is 0 Å². The minimum Gasteiger partial charge on any atom is -0.383 e. The fourth-order valence-corrected chi connectivity index (χ4v) is 3.31. The van der Waals surface area contributed by atoms with Crippen LogP contribution in [0.4, 0.5) is 5.69 Å². The van der Waals surface area contributed by atoms with Crippen LogP contribution in [0, 0.1) is 0 Å². The summed E-state index contributed by atoms with van der Waals surface area (Å²) in [6.07, 6.45) is 4.44. The van der Waals surface area contributed by atoms with Crippen molar-refractivity contribution >= 4 is 5.69 Å². The Balaban J connectivity index is 1.68. The molecule has 22 heavy (non-hydrogen) atoms. The molecule has 116 valence electrons. The van der Waals surface area contributed by atoms with Gasteiger partial charge in [-0.05, 0) is 30.5 Å². The van der Waals surface area contributed by atoms with Crippen molar-refractivity contribution in [3.63, 3.8) is 0 Å². The summed E-state index contributed by atoms with van der Waals surface area (Å²) in [6, 6.07) is 20.4.